The van der Waals surface area contributed by atoms with Crippen LogP contribution in [0.5, 0.6) is 0 Å². The van der Waals surface area contributed by atoms with Crippen LogP contribution in [0.1, 0.15) is 22.8 Å². The first kappa shape index (κ1) is 12.8. The Hall–Kier alpha value is -2.21. The summed E-state index contributed by atoms with van der Waals surface area (Å²) in [5.74, 6) is 0.880. The topological polar surface area (TPSA) is 64.1 Å². The average molecular weight is 275 g/mol. The summed E-state index contributed by atoms with van der Waals surface area (Å²) in [6.45, 7) is 3.98. The van der Waals surface area contributed by atoms with Gasteiger partial charge in [0.2, 0.25) is 0 Å². The molecule has 2 heterocycles. The third kappa shape index (κ3) is 1.98. The zero-order chi connectivity index (χ0) is 14.3. The van der Waals surface area contributed by atoms with E-state index in [0.29, 0.717) is 17.9 Å². The minimum Gasteiger partial charge on any atom is -0.388 e. The molecule has 0 fully saturated rings. The lowest BCUT2D eigenvalue weighted by molar-refractivity contribution is 0.267. The number of imidazole rings is 1. The van der Waals surface area contributed by atoms with Crippen molar-refractivity contribution in [3.8, 4) is 0 Å². The predicted molar refractivity (Wildman–Crippen MR) is 70.7 cm³/mol. The van der Waals surface area contributed by atoms with Gasteiger partial charge in [-0.05, 0) is 26.0 Å². The minimum atomic E-state index is -0.344. The van der Waals surface area contributed by atoms with Crippen molar-refractivity contribution in [1.29, 1.82) is 0 Å². The maximum absolute atomic E-state index is 13.3. The van der Waals surface area contributed by atoms with E-state index in [9.17, 15) is 9.50 Å². The lowest BCUT2D eigenvalue weighted by Crippen LogP contribution is -2.06. The summed E-state index contributed by atoms with van der Waals surface area (Å²) in [6.07, 6.45) is 0. The van der Waals surface area contributed by atoms with Crippen LogP contribution in [-0.2, 0) is 13.2 Å². The highest BCUT2D eigenvalue weighted by Crippen LogP contribution is 2.21. The van der Waals surface area contributed by atoms with Gasteiger partial charge in [0.05, 0.1) is 23.3 Å². The molecule has 3 aromatic rings. The molecule has 0 aliphatic heterocycles. The Morgan fingerprint density at radius 2 is 2.15 bits per heavy atom. The monoisotopic (exact) mass is 275 g/mol. The first-order chi connectivity index (χ1) is 9.60. The van der Waals surface area contributed by atoms with E-state index in [-0.39, 0.29) is 12.4 Å². The molecular formula is C14H14FN3O2. The van der Waals surface area contributed by atoms with E-state index in [0.717, 1.165) is 22.5 Å². The van der Waals surface area contributed by atoms with Gasteiger partial charge in [0.1, 0.15) is 24.0 Å². The van der Waals surface area contributed by atoms with Crippen LogP contribution >= 0.6 is 0 Å². The number of rotatable bonds is 3. The number of aliphatic hydroxyl groups excluding tert-OH is 1. The molecule has 5 nitrogen and oxygen atoms in total. The second-order valence-corrected chi connectivity index (χ2v) is 4.71. The highest BCUT2D eigenvalue weighted by atomic mass is 19.1. The second-order valence-electron chi connectivity index (χ2n) is 4.71. The van der Waals surface area contributed by atoms with Gasteiger partial charge in [-0.2, -0.15) is 0 Å². The number of aryl methyl sites for hydroxylation is 2. The van der Waals surface area contributed by atoms with E-state index < -0.39 is 0 Å². The van der Waals surface area contributed by atoms with Gasteiger partial charge in [0.25, 0.3) is 0 Å². The molecule has 0 bridgehead atoms. The molecule has 20 heavy (non-hydrogen) atoms. The Labute approximate surface area is 114 Å². The van der Waals surface area contributed by atoms with E-state index in [1.807, 2.05) is 18.4 Å². The smallest absolute Gasteiger partial charge is 0.138 e. The summed E-state index contributed by atoms with van der Waals surface area (Å²) in [7, 11) is 0. The number of halogens is 1. The van der Waals surface area contributed by atoms with Crippen LogP contribution < -0.4 is 0 Å². The molecule has 2 aromatic heterocycles. The third-order valence-electron chi connectivity index (χ3n) is 3.43. The highest BCUT2D eigenvalue weighted by Gasteiger charge is 2.15. The summed E-state index contributed by atoms with van der Waals surface area (Å²) < 4.78 is 20.2. The summed E-state index contributed by atoms with van der Waals surface area (Å²) in [5, 5.41) is 13.4. The largest absolute Gasteiger partial charge is 0.388 e. The Bertz CT molecular complexity index is 757. The fraction of sp³-hybridized carbons (Fsp3) is 0.286. The minimum absolute atomic E-state index is 0.209. The summed E-state index contributed by atoms with van der Waals surface area (Å²) in [6, 6.07) is 4.41. The lowest BCUT2D eigenvalue weighted by atomic mass is 10.2. The van der Waals surface area contributed by atoms with Gasteiger partial charge in [-0.1, -0.05) is 5.16 Å². The molecule has 0 saturated carbocycles. The van der Waals surface area contributed by atoms with Gasteiger partial charge in [-0.25, -0.2) is 9.37 Å². The van der Waals surface area contributed by atoms with Crippen LogP contribution in [-0.4, -0.2) is 19.8 Å². The van der Waals surface area contributed by atoms with Crippen molar-refractivity contribution in [2.24, 2.45) is 0 Å². The molecule has 6 heteroatoms. The number of nitrogens with zero attached hydrogens (tertiary/aromatic N) is 3. The predicted octanol–water partition coefficient (Wildman–Crippen LogP) is 2.32. The highest BCUT2D eigenvalue weighted by molar-refractivity contribution is 5.76. The molecule has 0 atom stereocenters. The normalized spacial score (nSPS) is 11.4. The Morgan fingerprint density at radius 3 is 2.80 bits per heavy atom. The van der Waals surface area contributed by atoms with Gasteiger partial charge in [0.15, 0.2) is 0 Å². The summed E-state index contributed by atoms with van der Waals surface area (Å²) in [5.41, 5.74) is 3.05. The Kier molecular flexibility index (Phi) is 3.02. The maximum atomic E-state index is 13.3. The molecule has 0 radical (unpaired) electrons. The molecule has 0 spiro atoms. The molecule has 0 amide bonds. The maximum Gasteiger partial charge on any atom is 0.138 e. The molecular weight excluding hydrogens is 261 g/mol. The van der Waals surface area contributed by atoms with E-state index in [4.69, 9.17) is 4.52 Å². The number of hydrogen-bond donors (Lipinski definition) is 1. The van der Waals surface area contributed by atoms with Gasteiger partial charge >= 0.3 is 0 Å². The molecule has 1 aromatic carbocycles. The van der Waals surface area contributed by atoms with Crippen molar-refractivity contribution in [1.82, 2.24) is 14.7 Å². The molecule has 1 N–H and O–H groups in total. The molecule has 0 saturated heterocycles. The van der Waals surface area contributed by atoms with Crippen molar-refractivity contribution in [2.75, 3.05) is 0 Å². The molecule has 104 valence electrons. The van der Waals surface area contributed by atoms with Gasteiger partial charge in [-0.15, -0.1) is 0 Å². The van der Waals surface area contributed by atoms with Crippen LogP contribution in [0.3, 0.4) is 0 Å². The van der Waals surface area contributed by atoms with Crippen molar-refractivity contribution in [3.63, 3.8) is 0 Å². The number of hydrogen-bond acceptors (Lipinski definition) is 4. The van der Waals surface area contributed by atoms with E-state index >= 15 is 0 Å². The fourth-order valence-electron chi connectivity index (χ4n) is 2.34. The van der Waals surface area contributed by atoms with E-state index in [2.05, 4.69) is 10.1 Å². The SMILES string of the molecule is Cc1noc(C)c1Cn1c(CO)nc2cc(F)ccc21. The fourth-order valence-corrected chi connectivity index (χ4v) is 2.34. The third-order valence-corrected chi connectivity index (χ3v) is 3.43. The van der Waals surface area contributed by atoms with Crippen molar-refractivity contribution < 1.29 is 14.0 Å². The molecule has 0 unspecified atom stereocenters. The summed E-state index contributed by atoms with van der Waals surface area (Å²) in [4.78, 5) is 4.25. The quantitative estimate of drug-likeness (QED) is 0.796. The van der Waals surface area contributed by atoms with Crippen LogP contribution in [0.2, 0.25) is 0 Å². The van der Waals surface area contributed by atoms with Crippen LogP contribution in [0, 0.1) is 19.7 Å². The van der Waals surface area contributed by atoms with Crippen LogP contribution in [0.15, 0.2) is 22.7 Å². The van der Waals surface area contributed by atoms with Crippen LogP contribution in [0.25, 0.3) is 11.0 Å². The van der Waals surface area contributed by atoms with Crippen LogP contribution in [0.4, 0.5) is 4.39 Å². The van der Waals surface area contributed by atoms with Crippen molar-refractivity contribution in [3.05, 3.63) is 46.9 Å². The number of fused-ring (bicyclic) bond motifs is 1. The first-order valence-corrected chi connectivity index (χ1v) is 6.27. The average Bonchev–Trinajstić information content (AvgIpc) is 2.93. The van der Waals surface area contributed by atoms with Gasteiger partial charge < -0.3 is 14.2 Å². The number of aromatic nitrogens is 3. The van der Waals surface area contributed by atoms with Crippen molar-refractivity contribution in [2.45, 2.75) is 27.0 Å². The zero-order valence-electron chi connectivity index (χ0n) is 11.2. The molecule has 3 rings (SSSR count). The van der Waals surface area contributed by atoms with Gasteiger partial charge in [0, 0.05) is 11.6 Å². The number of aliphatic hydroxyl groups is 1. The Morgan fingerprint density at radius 1 is 1.35 bits per heavy atom. The molecule has 0 aliphatic carbocycles. The van der Waals surface area contributed by atoms with E-state index in [1.165, 1.54) is 12.1 Å². The zero-order valence-corrected chi connectivity index (χ0v) is 11.2. The summed E-state index contributed by atoms with van der Waals surface area (Å²) >= 11 is 0. The standard InChI is InChI=1S/C14H14FN3O2/c1-8-11(9(2)20-17-8)6-18-13-4-3-10(15)5-12(13)16-14(18)7-19/h3-5,19H,6-7H2,1-2H3. The lowest BCUT2D eigenvalue weighted by Gasteiger charge is -2.07. The van der Waals surface area contributed by atoms with E-state index in [1.54, 1.807) is 6.07 Å². The molecule has 0 aliphatic rings. The second kappa shape index (κ2) is 4.72. The first-order valence-electron chi connectivity index (χ1n) is 6.27. The number of benzene rings is 1. The Balaban J connectivity index is 2.15. The van der Waals surface area contributed by atoms with Gasteiger partial charge in [-0.3, -0.25) is 0 Å². The van der Waals surface area contributed by atoms with Crippen molar-refractivity contribution >= 4 is 11.0 Å².